The van der Waals surface area contributed by atoms with Crippen molar-refractivity contribution in [2.45, 2.75) is 12.6 Å². The summed E-state index contributed by atoms with van der Waals surface area (Å²) in [5.74, 6) is 2.08. The number of aliphatic hydroxyl groups is 1. The Morgan fingerprint density at radius 2 is 1.67 bits per heavy atom. The molecule has 0 spiro atoms. The van der Waals surface area contributed by atoms with Crippen LogP contribution in [-0.4, -0.2) is 67.1 Å². The fourth-order valence-corrected chi connectivity index (χ4v) is 4.88. The van der Waals surface area contributed by atoms with E-state index in [1.807, 2.05) is 24.3 Å². The van der Waals surface area contributed by atoms with Crippen molar-refractivity contribution in [2.75, 3.05) is 46.1 Å². The van der Waals surface area contributed by atoms with Crippen LogP contribution in [0.25, 0.3) is 21.9 Å². The lowest BCUT2D eigenvalue weighted by Gasteiger charge is -2.35. The summed E-state index contributed by atoms with van der Waals surface area (Å²) in [6.45, 7) is 5.37. The van der Waals surface area contributed by atoms with Crippen molar-refractivity contribution in [3.8, 4) is 17.2 Å². The number of nitrogens with zero attached hydrogens (tertiary/aromatic N) is 2. The molecule has 36 heavy (non-hydrogen) atoms. The first-order chi connectivity index (χ1) is 17.6. The van der Waals surface area contributed by atoms with Crippen LogP contribution in [0.1, 0.15) is 5.56 Å². The van der Waals surface area contributed by atoms with Crippen molar-refractivity contribution in [3.63, 3.8) is 0 Å². The molecule has 186 valence electrons. The van der Waals surface area contributed by atoms with Crippen molar-refractivity contribution >= 4 is 21.9 Å². The minimum absolute atomic E-state index is 0.0866. The second-order valence-electron chi connectivity index (χ2n) is 9.29. The summed E-state index contributed by atoms with van der Waals surface area (Å²) in [4.78, 5) is 17.5. The zero-order chi connectivity index (χ0) is 24.5. The monoisotopic (exact) mass is 488 g/mol. The molecule has 8 nitrogen and oxygen atoms in total. The molecule has 0 amide bonds. The van der Waals surface area contributed by atoms with E-state index in [9.17, 15) is 9.90 Å². The third-order valence-electron chi connectivity index (χ3n) is 6.78. The van der Waals surface area contributed by atoms with Crippen LogP contribution in [0.4, 0.5) is 0 Å². The smallest absolute Gasteiger partial charge is 0.231 e. The molecule has 1 N–H and O–H groups in total. The lowest BCUT2D eigenvalue weighted by atomic mass is 10.1. The molecule has 1 atom stereocenters. The van der Waals surface area contributed by atoms with E-state index in [-0.39, 0.29) is 18.8 Å². The summed E-state index contributed by atoms with van der Waals surface area (Å²) in [6, 6.07) is 18.6. The molecule has 1 unspecified atom stereocenters. The number of hydrogen-bond acceptors (Lipinski definition) is 8. The average Bonchev–Trinajstić information content (AvgIpc) is 3.37. The molecule has 1 aromatic heterocycles. The van der Waals surface area contributed by atoms with Gasteiger partial charge >= 0.3 is 0 Å². The molecular weight excluding hydrogens is 460 g/mol. The van der Waals surface area contributed by atoms with Gasteiger partial charge in [0.2, 0.25) is 12.2 Å². The molecule has 0 radical (unpaired) electrons. The van der Waals surface area contributed by atoms with E-state index < -0.39 is 6.10 Å². The standard InChI is InChI=1S/C28H28N2O6/c31-20(16-30-12-10-29(11-13-30)15-19-8-9-24-26(14-19)35-18-34-24)17-33-25-7-3-5-22-27(32)21-4-1-2-6-23(21)36-28(22)25/h1-9,14,20,31H,10-13,15-18H2. The van der Waals surface area contributed by atoms with Gasteiger partial charge in [-0.3, -0.25) is 14.6 Å². The van der Waals surface area contributed by atoms with Gasteiger partial charge in [-0.15, -0.1) is 0 Å². The highest BCUT2D eigenvalue weighted by molar-refractivity contribution is 5.92. The first kappa shape index (κ1) is 22.8. The van der Waals surface area contributed by atoms with Gasteiger partial charge in [-0.2, -0.15) is 0 Å². The van der Waals surface area contributed by atoms with Crippen molar-refractivity contribution in [1.82, 2.24) is 9.80 Å². The minimum atomic E-state index is -0.659. The molecule has 3 heterocycles. The second kappa shape index (κ2) is 9.81. The predicted octanol–water partition coefficient (Wildman–Crippen LogP) is 3.23. The van der Waals surface area contributed by atoms with Gasteiger partial charge in [0.05, 0.1) is 10.8 Å². The summed E-state index contributed by atoms with van der Waals surface area (Å²) in [5.41, 5.74) is 2.04. The molecule has 2 aliphatic heterocycles. The van der Waals surface area contributed by atoms with E-state index in [1.165, 1.54) is 5.56 Å². The van der Waals surface area contributed by atoms with Gasteiger partial charge in [0.15, 0.2) is 22.8 Å². The van der Waals surface area contributed by atoms with Crippen molar-refractivity contribution in [1.29, 1.82) is 0 Å². The van der Waals surface area contributed by atoms with Crippen LogP contribution in [0, 0.1) is 0 Å². The lowest BCUT2D eigenvalue weighted by molar-refractivity contribution is 0.0447. The molecule has 3 aromatic carbocycles. The Morgan fingerprint density at radius 1 is 0.889 bits per heavy atom. The molecule has 4 aromatic rings. The van der Waals surface area contributed by atoms with Crippen LogP contribution < -0.4 is 19.6 Å². The Labute approximate surface area is 208 Å². The Bertz CT molecular complexity index is 1440. The van der Waals surface area contributed by atoms with Crippen molar-refractivity contribution < 1.29 is 23.7 Å². The number of aliphatic hydroxyl groups excluding tert-OH is 1. The summed E-state index contributed by atoms with van der Waals surface area (Å²) < 4.78 is 22.8. The summed E-state index contributed by atoms with van der Waals surface area (Å²) in [7, 11) is 0. The third-order valence-corrected chi connectivity index (χ3v) is 6.78. The fraction of sp³-hybridized carbons (Fsp3) is 0.321. The molecule has 2 aliphatic rings. The van der Waals surface area contributed by atoms with Gasteiger partial charge < -0.3 is 23.7 Å². The van der Waals surface area contributed by atoms with Gasteiger partial charge in [-0.25, -0.2) is 0 Å². The van der Waals surface area contributed by atoms with E-state index in [0.29, 0.717) is 34.2 Å². The van der Waals surface area contributed by atoms with Gasteiger partial charge in [0.1, 0.15) is 18.3 Å². The van der Waals surface area contributed by atoms with E-state index in [0.717, 1.165) is 44.2 Å². The SMILES string of the molecule is O=c1c2ccccc2oc2c(OCC(O)CN3CCN(Cc4ccc5c(c4)OCO5)CC3)cccc12. The zero-order valence-corrected chi connectivity index (χ0v) is 19.9. The summed E-state index contributed by atoms with van der Waals surface area (Å²) in [6.07, 6.45) is -0.659. The third kappa shape index (κ3) is 4.63. The Morgan fingerprint density at radius 3 is 2.56 bits per heavy atom. The van der Waals surface area contributed by atoms with E-state index >= 15 is 0 Å². The van der Waals surface area contributed by atoms with Crippen LogP contribution in [0.5, 0.6) is 17.2 Å². The number of piperazine rings is 1. The molecule has 8 heteroatoms. The first-order valence-electron chi connectivity index (χ1n) is 12.2. The maximum absolute atomic E-state index is 12.8. The van der Waals surface area contributed by atoms with Crippen molar-refractivity contribution in [3.05, 3.63) is 76.5 Å². The molecule has 6 rings (SSSR count). The quantitative estimate of drug-likeness (QED) is 0.397. The predicted molar refractivity (Wildman–Crippen MR) is 136 cm³/mol. The highest BCUT2D eigenvalue weighted by Gasteiger charge is 2.21. The van der Waals surface area contributed by atoms with E-state index in [2.05, 4.69) is 15.9 Å². The number of ether oxygens (including phenoxy) is 3. The topological polar surface area (TPSA) is 84.6 Å². The van der Waals surface area contributed by atoms with Gasteiger partial charge in [-0.1, -0.05) is 24.3 Å². The number of β-amino-alcohol motifs (C(OH)–C–C–N with tert-alkyl or cyclic N) is 1. The maximum atomic E-state index is 12.8. The summed E-state index contributed by atoms with van der Waals surface area (Å²) in [5, 5.41) is 11.7. The van der Waals surface area contributed by atoms with Gasteiger partial charge in [0, 0.05) is 39.3 Å². The molecule has 1 saturated heterocycles. The molecular formula is C28H28N2O6. The van der Waals surface area contributed by atoms with E-state index in [1.54, 1.807) is 30.3 Å². The van der Waals surface area contributed by atoms with Crippen LogP contribution in [0.15, 0.2) is 69.9 Å². The van der Waals surface area contributed by atoms with Crippen LogP contribution in [-0.2, 0) is 6.54 Å². The average molecular weight is 489 g/mol. The number of benzene rings is 3. The Balaban J connectivity index is 1.03. The number of hydrogen-bond donors (Lipinski definition) is 1. The summed E-state index contributed by atoms with van der Waals surface area (Å²) >= 11 is 0. The number of rotatable bonds is 7. The van der Waals surface area contributed by atoms with Crippen molar-refractivity contribution in [2.24, 2.45) is 0 Å². The molecule has 0 bridgehead atoms. The number of para-hydroxylation sites is 2. The van der Waals surface area contributed by atoms with E-state index in [4.69, 9.17) is 18.6 Å². The second-order valence-corrected chi connectivity index (χ2v) is 9.29. The van der Waals surface area contributed by atoms with Crippen LogP contribution in [0.3, 0.4) is 0 Å². The largest absolute Gasteiger partial charge is 0.487 e. The highest BCUT2D eigenvalue weighted by atomic mass is 16.7. The Hall–Kier alpha value is -3.59. The van der Waals surface area contributed by atoms with Gasteiger partial charge in [-0.05, 0) is 42.0 Å². The van der Waals surface area contributed by atoms with Gasteiger partial charge in [0.25, 0.3) is 0 Å². The lowest BCUT2D eigenvalue weighted by Crippen LogP contribution is -2.48. The number of fused-ring (bicyclic) bond motifs is 3. The first-order valence-corrected chi connectivity index (χ1v) is 12.2. The molecule has 0 aliphatic carbocycles. The Kier molecular flexibility index (Phi) is 6.23. The van der Waals surface area contributed by atoms with Crippen LogP contribution >= 0.6 is 0 Å². The van der Waals surface area contributed by atoms with Crippen LogP contribution in [0.2, 0.25) is 0 Å². The minimum Gasteiger partial charge on any atom is -0.487 e. The molecule has 0 saturated carbocycles. The zero-order valence-electron chi connectivity index (χ0n) is 19.9. The normalized spacial score (nSPS) is 17.0. The maximum Gasteiger partial charge on any atom is 0.231 e. The highest BCUT2D eigenvalue weighted by Crippen LogP contribution is 2.33. The fourth-order valence-electron chi connectivity index (χ4n) is 4.88. The molecule has 1 fully saturated rings.